The normalized spacial score (nSPS) is 10.2. The second-order valence-corrected chi connectivity index (χ2v) is 5.44. The van der Waals surface area contributed by atoms with Crippen LogP contribution in [0.25, 0.3) is 0 Å². The van der Waals surface area contributed by atoms with Crippen LogP contribution in [-0.2, 0) is 0 Å². The number of carbonyl (C=O) groups excluding carboxylic acids is 1. The number of hydrogen-bond donors (Lipinski definition) is 2. The Hall–Kier alpha value is -1.72. The van der Waals surface area contributed by atoms with Crippen molar-refractivity contribution in [1.82, 2.24) is 0 Å². The van der Waals surface area contributed by atoms with Gasteiger partial charge in [0, 0.05) is 5.56 Å². The summed E-state index contributed by atoms with van der Waals surface area (Å²) in [5.41, 5.74) is 7.33. The monoisotopic (exact) mass is 368 g/mol. The highest BCUT2D eigenvalue weighted by Gasteiger charge is 2.11. The summed E-state index contributed by atoms with van der Waals surface area (Å²) in [5.74, 6) is 0.297. The SMILES string of the molecule is CCOc1ccc(C(=O)Nc2cccc(Cl)c2Br)cc1N. The van der Waals surface area contributed by atoms with Crippen molar-refractivity contribution in [3.05, 3.63) is 51.5 Å². The molecule has 0 fully saturated rings. The van der Waals surface area contributed by atoms with E-state index in [4.69, 9.17) is 22.1 Å². The van der Waals surface area contributed by atoms with Gasteiger partial charge in [0.1, 0.15) is 5.75 Å². The molecule has 1 amide bonds. The van der Waals surface area contributed by atoms with Gasteiger partial charge in [-0.1, -0.05) is 17.7 Å². The zero-order valence-electron chi connectivity index (χ0n) is 11.3. The van der Waals surface area contributed by atoms with Crippen LogP contribution in [0.2, 0.25) is 5.02 Å². The zero-order valence-corrected chi connectivity index (χ0v) is 13.7. The number of rotatable bonds is 4. The molecule has 110 valence electrons. The third-order valence-electron chi connectivity index (χ3n) is 2.77. The van der Waals surface area contributed by atoms with Gasteiger partial charge < -0.3 is 15.8 Å². The van der Waals surface area contributed by atoms with E-state index in [1.807, 2.05) is 6.92 Å². The summed E-state index contributed by atoms with van der Waals surface area (Å²) in [6.07, 6.45) is 0. The molecule has 6 heteroatoms. The fourth-order valence-corrected chi connectivity index (χ4v) is 2.31. The molecule has 0 unspecified atom stereocenters. The Morgan fingerprint density at radius 2 is 2.14 bits per heavy atom. The average molecular weight is 370 g/mol. The van der Waals surface area contributed by atoms with Crippen molar-refractivity contribution in [2.45, 2.75) is 6.92 Å². The van der Waals surface area contributed by atoms with E-state index in [0.29, 0.717) is 38.8 Å². The number of hydrogen-bond acceptors (Lipinski definition) is 3. The van der Waals surface area contributed by atoms with Crippen LogP contribution in [0, 0.1) is 0 Å². The molecule has 0 radical (unpaired) electrons. The molecule has 0 heterocycles. The summed E-state index contributed by atoms with van der Waals surface area (Å²) in [7, 11) is 0. The van der Waals surface area contributed by atoms with Gasteiger partial charge in [0.25, 0.3) is 5.91 Å². The number of carbonyl (C=O) groups is 1. The Balaban J connectivity index is 2.21. The Bertz CT molecular complexity index is 677. The van der Waals surface area contributed by atoms with Gasteiger partial charge in [0.15, 0.2) is 0 Å². The van der Waals surface area contributed by atoms with Gasteiger partial charge in [-0.15, -0.1) is 0 Å². The first-order valence-corrected chi connectivity index (χ1v) is 7.47. The molecular formula is C15H14BrClN2O2. The first-order valence-electron chi connectivity index (χ1n) is 6.30. The maximum absolute atomic E-state index is 12.2. The van der Waals surface area contributed by atoms with Crippen molar-refractivity contribution < 1.29 is 9.53 Å². The number of amides is 1. The Kier molecular flexibility index (Phi) is 5.09. The first kappa shape index (κ1) is 15.7. The molecule has 0 bridgehead atoms. The standard InChI is InChI=1S/C15H14BrClN2O2/c1-2-21-13-7-6-9(8-11(13)18)15(20)19-12-5-3-4-10(17)14(12)16/h3-8H,2,18H2,1H3,(H,19,20). The highest BCUT2D eigenvalue weighted by molar-refractivity contribution is 9.10. The van der Waals surface area contributed by atoms with Crippen LogP contribution in [-0.4, -0.2) is 12.5 Å². The minimum Gasteiger partial charge on any atom is -0.492 e. The molecular weight excluding hydrogens is 356 g/mol. The summed E-state index contributed by atoms with van der Waals surface area (Å²) in [6.45, 7) is 2.39. The van der Waals surface area contributed by atoms with Crippen molar-refractivity contribution in [3.63, 3.8) is 0 Å². The van der Waals surface area contributed by atoms with E-state index in [2.05, 4.69) is 21.2 Å². The zero-order chi connectivity index (χ0) is 15.4. The summed E-state index contributed by atoms with van der Waals surface area (Å²) in [4.78, 5) is 12.2. The fourth-order valence-electron chi connectivity index (χ4n) is 1.77. The van der Waals surface area contributed by atoms with Crippen LogP contribution in [0.4, 0.5) is 11.4 Å². The largest absolute Gasteiger partial charge is 0.492 e. The van der Waals surface area contributed by atoms with E-state index in [0.717, 1.165) is 0 Å². The second kappa shape index (κ2) is 6.83. The number of ether oxygens (including phenoxy) is 1. The molecule has 0 saturated heterocycles. The minimum absolute atomic E-state index is 0.271. The smallest absolute Gasteiger partial charge is 0.255 e. The van der Waals surface area contributed by atoms with E-state index in [1.165, 1.54) is 0 Å². The van der Waals surface area contributed by atoms with E-state index in [-0.39, 0.29) is 5.91 Å². The number of benzene rings is 2. The predicted octanol–water partition coefficient (Wildman–Crippen LogP) is 4.34. The van der Waals surface area contributed by atoms with Crippen molar-refractivity contribution in [2.75, 3.05) is 17.7 Å². The van der Waals surface area contributed by atoms with E-state index >= 15 is 0 Å². The maximum Gasteiger partial charge on any atom is 0.255 e. The lowest BCUT2D eigenvalue weighted by atomic mass is 10.1. The summed E-state index contributed by atoms with van der Waals surface area (Å²) < 4.78 is 5.98. The first-order chi connectivity index (χ1) is 10.0. The molecule has 0 aliphatic heterocycles. The van der Waals surface area contributed by atoms with E-state index < -0.39 is 0 Å². The van der Waals surface area contributed by atoms with Gasteiger partial charge in [-0.2, -0.15) is 0 Å². The predicted molar refractivity (Wildman–Crippen MR) is 89.1 cm³/mol. The van der Waals surface area contributed by atoms with Crippen LogP contribution in [0.3, 0.4) is 0 Å². The number of nitrogen functional groups attached to an aromatic ring is 1. The Morgan fingerprint density at radius 1 is 1.38 bits per heavy atom. The Labute approximate surface area is 136 Å². The van der Waals surface area contributed by atoms with Crippen molar-refractivity contribution in [1.29, 1.82) is 0 Å². The maximum atomic E-state index is 12.2. The second-order valence-electron chi connectivity index (χ2n) is 4.24. The number of nitrogens with two attached hydrogens (primary N) is 1. The van der Waals surface area contributed by atoms with Gasteiger partial charge in [-0.05, 0) is 53.2 Å². The molecule has 2 aromatic carbocycles. The molecule has 0 spiro atoms. The summed E-state index contributed by atoms with van der Waals surface area (Å²) >= 11 is 9.33. The molecule has 0 atom stereocenters. The number of nitrogens with one attached hydrogen (secondary N) is 1. The molecule has 21 heavy (non-hydrogen) atoms. The molecule has 3 N–H and O–H groups in total. The topological polar surface area (TPSA) is 64.3 Å². The van der Waals surface area contributed by atoms with Gasteiger partial charge in [-0.25, -0.2) is 0 Å². The minimum atomic E-state index is -0.271. The van der Waals surface area contributed by atoms with Crippen LogP contribution in [0.5, 0.6) is 5.75 Å². The van der Waals surface area contributed by atoms with Crippen molar-refractivity contribution in [3.8, 4) is 5.75 Å². The molecule has 0 aliphatic rings. The van der Waals surface area contributed by atoms with Gasteiger partial charge in [0.05, 0.1) is 27.5 Å². The third kappa shape index (κ3) is 3.68. The van der Waals surface area contributed by atoms with E-state index in [1.54, 1.807) is 36.4 Å². The van der Waals surface area contributed by atoms with Crippen molar-refractivity contribution in [2.24, 2.45) is 0 Å². The van der Waals surface area contributed by atoms with Crippen LogP contribution >= 0.6 is 27.5 Å². The highest BCUT2D eigenvalue weighted by atomic mass is 79.9. The summed E-state index contributed by atoms with van der Waals surface area (Å²) in [6, 6.07) is 10.2. The molecule has 4 nitrogen and oxygen atoms in total. The van der Waals surface area contributed by atoms with Crippen LogP contribution < -0.4 is 15.8 Å². The lowest BCUT2D eigenvalue weighted by Gasteiger charge is -2.11. The van der Waals surface area contributed by atoms with Gasteiger partial charge in [0.2, 0.25) is 0 Å². The highest BCUT2D eigenvalue weighted by Crippen LogP contribution is 2.30. The van der Waals surface area contributed by atoms with Crippen LogP contribution in [0.1, 0.15) is 17.3 Å². The van der Waals surface area contributed by atoms with Gasteiger partial charge >= 0.3 is 0 Å². The molecule has 0 saturated carbocycles. The van der Waals surface area contributed by atoms with Gasteiger partial charge in [-0.3, -0.25) is 4.79 Å². The molecule has 2 aromatic rings. The number of anilines is 2. The lowest BCUT2D eigenvalue weighted by Crippen LogP contribution is -2.13. The molecule has 2 rings (SSSR count). The third-order valence-corrected chi connectivity index (χ3v) is 4.17. The molecule has 0 aliphatic carbocycles. The van der Waals surface area contributed by atoms with E-state index in [9.17, 15) is 4.79 Å². The lowest BCUT2D eigenvalue weighted by molar-refractivity contribution is 0.102. The fraction of sp³-hybridized carbons (Fsp3) is 0.133. The molecule has 0 aromatic heterocycles. The summed E-state index contributed by atoms with van der Waals surface area (Å²) in [5, 5.41) is 3.31. The average Bonchev–Trinajstić information content (AvgIpc) is 2.46. The number of halogens is 2. The van der Waals surface area contributed by atoms with Crippen molar-refractivity contribution >= 4 is 44.8 Å². The van der Waals surface area contributed by atoms with Crippen LogP contribution in [0.15, 0.2) is 40.9 Å². The quantitative estimate of drug-likeness (QED) is 0.788. The Morgan fingerprint density at radius 3 is 2.81 bits per heavy atom.